The minimum Gasteiger partial charge on any atom is -0.367 e. The molecule has 0 aromatic carbocycles. The minimum absolute atomic E-state index is 0.170. The maximum absolute atomic E-state index is 12.3. The average Bonchev–Trinajstić information content (AvgIpc) is 2.95. The molecule has 2 atom stereocenters. The Morgan fingerprint density at radius 2 is 2.29 bits per heavy atom. The number of hydrogen-bond donors (Lipinski definition) is 1. The molecular weight excluding hydrogens is 264 g/mol. The Labute approximate surface area is 126 Å². The zero-order valence-corrected chi connectivity index (χ0v) is 12.7. The van der Waals surface area contributed by atoms with Crippen molar-refractivity contribution < 1.29 is 4.79 Å². The number of anilines is 1. The fourth-order valence-corrected chi connectivity index (χ4v) is 3.25. The van der Waals surface area contributed by atoms with Crippen LogP contribution in [0.5, 0.6) is 0 Å². The van der Waals surface area contributed by atoms with Gasteiger partial charge in [-0.15, -0.1) is 0 Å². The SMILES string of the molecule is Cn1cc(N2CCCC(NC(=O)C3CC=CCC3)C2)cn1. The van der Waals surface area contributed by atoms with Crippen molar-refractivity contribution in [1.29, 1.82) is 0 Å². The van der Waals surface area contributed by atoms with E-state index in [4.69, 9.17) is 0 Å². The highest BCUT2D eigenvalue weighted by atomic mass is 16.1. The van der Waals surface area contributed by atoms with E-state index in [0.29, 0.717) is 0 Å². The Kier molecular flexibility index (Phi) is 4.27. The Morgan fingerprint density at radius 3 is 3.00 bits per heavy atom. The molecule has 114 valence electrons. The fraction of sp³-hybridized carbons (Fsp3) is 0.625. The molecule has 2 aliphatic rings. The van der Waals surface area contributed by atoms with E-state index in [-0.39, 0.29) is 17.9 Å². The van der Waals surface area contributed by atoms with Crippen molar-refractivity contribution in [3.8, 4) is 0 Å². The van der Waals surface area contributed by atoms with Crippen LogP contribution in [0.1, 0.15) is 32.1 Å². The first-order valence-electron chi connectivity index (χ1n) is 7.91. The smallest absolute Gasteiger partial charge is 0.223 e. The van der Waals surface area contributed by atoms with Gasteiger partial charge < -0.3 is 10.2 Å². The molecule has 1 aromatic heterocycles. The largest absolute Gasteiger partial charge is 0.367 e. The van der Waals surface area contributed by atoms with Crippen molar-refractivity contribution in [2.24, 2.45) is 13.0 Å². The molecule has 1 aliphatic heterocycles. The number of hydrogen-bond acceptors (Lipinski definition) is 3. The second-order valence-corrected chi connectivity index (χ2v) is 6.15. The number of aromatic nitrogens is 2. The molecule has 3 rings (SSSR count). The highest BCUT2D eigenvalue weighted by molar-refractivity contribution is 5.79. The second kappa shape index (κ2) is 6.33. The van der Waals surface area contributed by atoms with E-state index in [1.807, 2.05) is 24.1 Å². The molecule has 0 bridgehead atoms. The lowest BCUT2D eigenvalue weighted by atomic mass is 9.93. The molecular formula is C16H24N4O. The molecule has 5 nitrogen and oxygen atoms in total. The van der Waals surface area contributed by atoms with Gasteiger partial charge in [0.15, 0.2) is 0 Å². The van der Waals surface area contributed by atoms with E-state index >= 15 is 0 Å². The van der Waals surface area contributed by atoms with Crippen LogP contribution in [0.25, 0.3) is 0 Å². The summed E-state index contributed by atoms with van der Waals surface area (Å²) in [6, 6.07) is 0.261. The zero-order chi connectivity index (χ0) is 14.7. The fourth-order valence-electron chi connectivity index (χ4n) is 3.25. The van der Waals surface area contributed by atoms with Gasteiger partial charge in [0.1, 0.15) is 0 Å². The number of amides is 1. The van der Waals surface area contributed by atoms with E-state index in [9.17, 15) is 4.79 Å². The van der Waals surface area contributed by atoms with Crippen LogP contribution < -0.4 is 10.2 Å². The predicted molar refractivity (Wildman–Crippen MR) is 83.1 cm³/mol. The molecule has 0 spiro atoms. The van der Waals surface area contributed by atoms with Crippen LogP contribution >= 0.6 is 0 Å². The Morgan fingerprint density at radius 1 is 1.38 bits per heavy atom. The molecule has 2 heterocycles. The molecule has 1 saturated heterocycles. The third-order valence-electron chi connectivity index (χ3n) is 4.46. The van der Waals surface area contributed by atoms with Gasteiger partial charge in [0.25, 0.3) is 0 Å². The Bertz CT molecular complexity index is 522. The number of rotatable bonds is 3. The van der Waals surface area contributed by atoms with E-state index in [2.05, 4.69) is 27.5 Å². The first-order valence-corrected chi connectivity index (χ1v) is 7.91. The molecule has 2 unspecified atom stereocenters. The monoisotopic (exact) mass is 288 g/mol. The summed E-state index contributed by atoms with van der Waals surface area (Å²) < 4.78 is 1.83. The standard InChI is InChI=1S/C16H24N4O/c1-19-12-15(10-17-19)20-9-5-8-14(11-20)18-16(21)13-6-3-2-4-7-13/h2-3,10,12-14H,4-9,11H2,1H3,(H,18,21). The van der Waals surface area contributed by atoms with Gasteiger partial charge in [0.05, 0.1) is 11.9 Å². The van der Waals surface area contributed by atoms with Crippen molar-refractivity contribution in [3.63, 3.8) is 0 Å². The number of piperidine rings is 1. The van der Waals surface area contributed by atoms with E-state index in [0.717, 1.165) is 50.9 Å². The number of nitrogens with one attached hydrogen (secondary N) is 1. The maximum atomic E-state index is 12.3. The zero-order valence-electron chi connectivity index (χ0n) is 12.7. The average molecular weight is 288 g/mol. The molecule has 0 saturated carbocycles. The summed E-state index contributed by atoms with van der Waals surface area (Å²) in [5.41, 5.74) is 1.15. The van der Waals surface area contributed by atoms with Gasteiger partial charge in [0, 0.05) is 38.3 Å². The number of allylic oxidation sites excluding steroid dienone is 2. The van der Waals surface area contributed by atoms with Crippen molar-refractivity contribution in [2.45, 2.75) is 38.1 Å². The van der Waals surface area contributed by atoms with E-state index < -0.39 is 0 Å². The van der Waals surface area contributed by atoms with E-state index in [1.165, 1.54) is 0 Å². The molecule has 1 fully saturated rings. The molecule has 1 amide bonds. The van der Waals surface area contributed by atoms with Gasteiger partial charge in [-0.05, 0) is 32.1 Å². The van der Waals surface area contributed by atoms with E-state index in [1.54, 1.807) is 0 Å². The summed E-state index contributed by atoms with van der Waals surface area (Å²) in [5.74, 6) is 0.404. The van der Waals surface area contributed by atoms with Crippen LogP contribution in [0.3, 0.4) is 0 Å². The number of carbonyl (C=O) groups is 1. The summed E-state index contributed by atoms with van der Waals surface area (Å²) in [7, 11) is 1.93. The summed E-state index contributed by atoms with van der Waals surface area (Å²) >= 11 is 0. The summed E-state index contributed by atoms with van der Waals surface area (Å²) in [6.45, 7) is 1.93. The first-order chi connectivity index (χ1) is 10.2. The van der Waals surface area contributed by atoms with Crippen molar-refractivity contribution >= 4 is 11.6 Å². The van der Waals surface area contributed by atoms with Crippen LogP contribution in [-0.2, 0) is 11.8 Å². The summed E-state index contributed by atoms with van der Waals surface area (Å²) in [6.07, 6.45) is 13.4. The van der Waals surface area contributed by atoms with Crippen LogP contribution in [0.4, 0.5) is 5.69 Å². The van der Waals surface area contributed by atoms with Gasteiger partial charge in [-0.3, -0.25) is 9.48 Å². The Balaban J connectivity index is 1.56. The van der Waals surface area contributed by atoms with Crippen molar-refractivity contribution in [2.75, 3.05) is 18.0 Å². The van der Waals surface area contributed by atoms with Crippen LogP contribution in [-0.4, -0.2) is 34.8 Å². The minimum atomic E-state index is 0.170. The van der Waals surface area contributed by atoms with Gasteiger partial charge in [-0.2, -0.15) is 5.10 Å². The van der Waals surface area contributed by atoms with Gasteiger partial charge in [0.2, 0.25) is 5.91 Å². The Hall–Kier alpha value is -1.78. The van der Waals surface area contributed by atoms with Gasteiger partial charge in [-0.1, -0.05) is 12.2 Å². The van der Waals surface area contributed by atoms with Crippen molar-refractivity contribution in [1.82, 2.24) is 15.1 Å². The normalized spacial score (nSPS) is 25.9. The molecule has 21 heavy (non-hydrogen) atoms. The second-order valence-electron chi connectivity index (χ2n) is 6.15. The molecule has 1 N–H and O–H groups in total. The third kappa shape index (κ3) is 3.46. The van der Waals surface area contributed by atoms with Gasteiger partial charge >= 0.3 is 0 Å². The summed E-state index contributed by atoms with van der Waals surface area (Å²) in [4.78, 5) is 14.7. The predicted octanol–water partition coefficient (Wildman–Crippen LogP) is 1.86. The number of nitrogens with zero attached hydrogens (tertiary/aromatic N) is 3. The number of aryl methyl sites for hydroxylation is 1. The molecule has 1 aromatic rings. The molecule has 1 aliphatic carbocycles. The quantitative estimate of drug-likeness (QED) is 0.864. The lowest BCUT2D eigenvalue weighted by molar-refractivity contribution is -0.126. The van der Waals surface area contributed by atoms with Gasteiger partial charge in [-0.25, -0.2) is 0 Å². The number of carbonyl (C=O) groups excluding carboxylic acids is 1. The first kappa shape index (κ1) is 14.2. The third-order valence-corrected chi connectivity index (χ3v) is 4.46. The molecule has 5 heteroatoms. The van der Waals surface area contributed by atoms with Crippen LogP contribution in [0.2, 0.25) is 0 Å². The summed E-state index contributed by atoms with van der Waals surface area (Å²) in [5, 5.41) is 7.48. The topological polar surface area (TPSA) is 50.2 Å². The van der Waals surface area contributed by atoms with Crippen LogP contribution in [0.15, 0.2) is 24.5 Å². The van der Waals surface area contributed by atoms with Crippen LogP contribution in [0, 0.1) is 5.92 Å². The van der Waals surface area contributed by atoms with Crippen molar-refractivity contribution in [3.05, 3.63) is 24.5 Å². The lowest BCUT2D eigenvalue weighted by Gasteiger charge is -2.34. The maximum Gasteiger partial charge on any atom is 0.223 e. The highest BCUT2D eigenvalue weighted by Gasteiger charge is 2.25. The highest BCUT2D eigenvalue weighted by Crippen LogP contribution is 2.21. The lowest BCUT2D eigenvalue weighted by Crippen LogP contribution is -2.49. The molecule has 0 radical (unpaired) electrons.